The van der Waals surface area contributed by atoms with E-state index in [0.29, 0.717) is 5.16 Å². The summed E-state index contributed by atoms with van der Waals surface area (Å²) in [7, 11) is 0. The Hall–Kier alpha value is -1.11. The van der Waals surface area contributed by atoms with Crippen molar-refractivity contribution in [1.82, 2.24) is 9.97 Å². The van der Waals surface area contributed by atoms with Crippen molar-refractivity contribution in [2.75, 3.05) is 0 Å². The molecule has 0 aliphatic heterocycles. The van der Waals surface area contributed by atoms with Gasteiger partial charge >= 0.3 is 0 Å². The normalized spacial score (nSPS) is 11.3. The lowest BCUT2D eigenvalue weighted by Gasteiger charge is -1.99. The Labute approximate surface area is 122 Å². The monoisotopic (exact) mass is 308 g/mol. The second-order valence-electron chi connectivity index (χ2n) is 4.20. The van der Waals surface area contributed by atoms with Crippen molar-refractivity contribution in [2.24, 2.45) is 0 Å². The van der Waals surface area contributed by atoms with E-state index in [-0.39, 0.29) is 5.56 Å². The van der Waals surface area contributed by atoms with Gasteiger partial charge in [0.2, 0.25) is 0 Å². The molecule has 1 N–H and O–H groups in total. The number of hydrogen-bond acceptors (Lipinski definition) is 5. The molecule has 0 fully saturated rings. The first kappa shape index (κ1) is 12.9. The molecule has 0 saturated heterocycles. The highest BCUT2D eigenvalue weighted by Crippen LogP contribution is 2.28. The molecule has 0 unspecified atom stereocenters. The van der Waals surface area contributed by atoms with Gasteiger partial charge in [0.1, 0.15) is 4.83 Å². The lowest BCUT2D eigenvalue weighted by atomic mass is 10.2. The average molecular weight is 308 g/mol. The lowest BCUT2D eigenvalue weighted by molar-refractivity contribution is 0.979. The van der Waals surface area contributed by atoms with Crippen molar-refractivity contribution >= 4 is 44.7 Å². The molecule has 98 valence electrons. The van der Waals surface area contributed by atoms with Gasteiger partial charge in [-0.3, -0.25) is 4.79 Å². The van der Waals surface area contributed by atoms with Crippen LogP contribution in [0.1, 0.15) is 15.3 Å². The molecule has 0 amide bonds. The van der Waals surface area contributed by atoms with Gasteiger partial charge in [-0.1, -0.05) is 17.8 Å². The van der Waals surface area contributed by atoms with Gasteiger partial charge < -0.3 is 4.98 Å². The average Bonchev–Trinajstić information content (AvgIpc) is 2.96. The summed E-state index contributed by atoms with van der Waals surface area (Å²) in [6, 6.07) is 4.12. The first-order valence-corrected chi connectivity index (χ1v) is 8.48. The van der Waals surface area contributed by atoms with E-state index in [0.717, 1.165) is 26.4 Å². The number of fused-ring (bicyclic) bond motifs is 1. The number of hydrogen-bond donors (Lipinski definition) is 1. The van der Waals surface area contributed by atoms with Gasteiger partial charge in [-0.2, -0.15) is 0 Å². The van der Waals surface area contributed by atoms with Crippen LogP contribution in [-0.2, 0) is 5.75 Å². The van der Waals surface area contributed by atoms with Crippen LogP contribution in [0.4, 0.5) is 0 Å². The molecule has 0 saturated carbocycles. The van der Waals surface area contributed by atoms with Crippen LogP contribution in [-0.4, -0.2) is 9.97 Å². The lowest BCUT2D eigenvalue weighted by Crippen LogP contribution is -2.08. The maximum atomic E-state index is 12.1. The quantitative estimate of drug-likeness (QED) is 0.588. The van der Waals surface area contributed by atoms with E-state index >= 15 is 0 Å². The van der Waals surface area contributed by atoms with Crippen LogP contribution < -0.4 is 5.56 Å². The Balaban J connectivity index is 1.95. The molecule has 3 aromatic heterocycles. The molecule has 0 radical (unpaired) electrons. The standard InChI is InChI=1S/C13H12N2OS3/c1-7-8(2)19-12-10(7)11(16)14-13(15-12)18-6-9-4-3-5-17-9/h3-5H,6H2,1-2H3,(H,14,15,16). The van der Waals surface area contributed by atoms with Crippen LogP contribution in [0.3, 0.4) is 0 Å². The van der Waals surface area contributed by atoms with Crippen molar-refractivity contribution in [1.29, 1.82) is 0 Å². The largest absolute Gasteiger partial charge is 0.301 e. The topological polar surface area (TPSA) is 45.8 Å². The molecule has 0 aliphatic carbocycles. The molecule has 0 atom stereocenters. The fourth-order valence-corrected chi connectivity index (χ4v) is 4.56. The summed E-state index contributed by atoms with van der Waals surface area (Å²) in [5, 5.41) is 3.50. The van der Waals surface area contributed by atoms with Crippen LogP contribution in [0.25, 0.3) is 10.2 Å². The zero-order valence-corrected chi connectivity index (χ0v) is 13.0. The minimum Gasteiger partial charge on any atom is -0.301 e. The second kappa shape index (κ2) is 5.11. The van der Waals surface area contributed by atoms with Gasteiger partial charge in [-0.25, -0.2) is 4.98 Å². The predicted molar refractivity (Wildman–Crippen MR) is 83.6 cm³/mol. The number of nitrogens with zero attached hydrogens (tertiary/aromatic N) is 1. The van der Waals surface area contributed by atoms with Crippen LogP contribution in [0.15, 0.2) is 27.5 Å². The Morgan fingerprint density at radius 2 is 2.26 bits per heavy atom. The highest BCUT2D eigenvalue weighted by Gasteiger charge is 2.12. The molecule has 0 bridgehead atoms. The van der Waals surface area contributed by atoms with Gasteiger partial charge in [-0.05, 0) is 30.9 Å². The predicted octanol–water partition coefficient (Wildman–Crippen LogP) is 3.96. The third-order valence-corrected chi connectivity index (χ3v) is 6.03. The number of aromatic nitrogens is 2. The van der Waals surface area contributed by atoms with Crippen molar-refractivity contribution in [3.63, 3.8) is 0 Å². The maximum Gasteiger partial charge on any atom is 0.260 e. The molecule has 3 aromatic rings. The van der Waals surface area contributed by atoms with E-state index in [4.69, 9.17) is 0 Å². The molecular weight excluding hydrogens is 296 g/mol. The van der Waals surface area contributed by atoms with Crippen molar-refractivity contribution < 1.29 is 0 Å². The summed E-state index contributed by atoms with van der Waals surface area (Å²) in [5.41, 5.74) is 1.02. The summed E-state index contributed by atoms with van der Waals surface area (Å²) < 4.78 is 0. The fraction of sp³-hybridized carbons (Fsp3) is 0.231. The van der Waals surface area contributed by atoms with E-state index < -0.39 is 0 Å². The first-order valence-electron chi connectivity index (χ1n) is 5.80. The number of nitrogens with one attached hydrogen (secondary N) is 1. The van der Waals surface area contributed by atoms with Crippen molar-refractivity contribution in [3.8, 4) is 0 Å². The van der Waals surface area contributed by atoms with Crippen LogP contribution >= 0.6 is 34.4 Å². The highest BCUT2D eigenvalue weighted by atomic mass is 32.2. The number of thiophene rings is 2. The first-order chi connectivity index (χ1) is 9.15. The van der Waals surface area contributed by atoms with Gasteiger partial charge in [0.05, 0.1) is 5.39 Å². The smallest absolute Gasteiger partial charge is 0.260 e. The Kier molecular flexibility index (Phi) is 3.47. The van der Waals surface area contributed by atoms with Gasteiger partial charge in [0.15, 0.2) is 5.16 Å². The number of thioether (sulfide) groups is 1. The highest BCUT2D eigenvalue weighted by molar-refractivity contribution is 7.98. The molecule has 19 heavy (non-hydrogen) atoms. The number of aryl methyl sites for hydroxylation is 2. The summed E-state index contributed by atoms with van der Waals surface area (Å²) in [4.78, 5) is 22.8. The molecule has 3 rings (SSSR count). The van der Waals surface area contributed by atoms with E-state index in [1.807, 2.05) is 19.9 Å². The van der Waals surface area contributed by atoms with Crippen LogP contribution in [0.2, 0.25) is 0 Å². The summed E-state index contributed by atoms with van der Waals surface area (Å²) in [6.07, 6.45) is 0. The number of aromatic amines is 1. The van der Waals surface area contributed by atoms with E-state index in [1.54, 1.807) is 34.4 Å². The van der Waals surface area contributed by atoms with E-state index in [2.05, 4.69) is 21.4 Å². The molecule has 3 heterocycles. The van der Waals surface area contributed by atoms with Crippen LogP contribution in [0, 0.1) is 13.8 Å². The van der Waals surface area contributed by atoms with E-state index in [9.17, 15) is 4.79 Å². The Morgan fingerprint density at radius 3 is 3.00 bits per heavy atom. The Bertz CT molecular complexity index is 771. The maximum absolute atomic E-state index is 12.1. The minimum absolute atomic E-state index is 0.0273. The Morgan fingerprint density at radius 1 is 1.42 bits per heavy atom. The van der Waals surface area contributed by atoms with Crippen LogP contribution in [0.5, 0.6) is 0 Å². The SMILES string of the molecule is Cc1sc2nc(SCc3cccs3)[nH]c(=O)c2c1C. The van der Waals surface area contributed by atoms with Crippen molar-refractivity contribution in [3.05, 3.63) is 43.2 Å². The zero-order valence-electron chi connectivity index (χ0n) is 10.5. The number of H-pyrrole nitrogens is 1. The van der Waals surface area contributed by atoms with Gasteiger partial charge in [-0.15, -0.1) is 22.7 Å². The third-order valence-electron chi connectivity index (χ3n) is 2.95. The van der Waals surface area contributed by atoms with E-state index in [1.165, 1.54) is 4.88 Å². The zero-order chi connectivity index (χ0) is 13.4. The second-order valence-corrected chi connectivity index (χ2v) is 7.40. The molecule has 0 aromatic carbocycles. The summed E-state index contributed by atoms with van der Waals surface area (Å²) in [6.45, 7) is 4.00. The number of rotatable bonds is 3. The fourth-order valence-electron chi connectivity index (χ4n) is 1.84. The molecule has 0 aliphatic rings. The molecular formula is C13H12N2OS3. The summed E-state index contributed by atoms with van der Waals surface area (Å²) in [5.74, 6) is 0.843. The summed E-state index contributed by atoms with van der Waals surface area (Å²) >= 11 is 4.88. The molecule has 0 spiro atoms. The molecule has 3 nitrogen and oxygen atoms in total. The minimum atomic E-state index is -0.0273. The van der Waals surface area contributed by atoms with Gasteiger partial charge in [0.25, 0.3) is 5.56 Å². The van der Waals surface area contributed by atoms with Crippen molar-refractivity contribution in [2.45, 2.75) is 24.8 Å². The third kappa shape index (κ3) is 2.48. The van der Waals surface area contributed by atoms with Gasteiger partial charge in [0, 0.05) is 15.5 Å². The molecule has 6 heteroatoms.